The summed E-state index contributed by atoms with van der Waals surface area (Å²) in [6, 6.07) is 3.18. The molecule has 0 N–H and O–H groups in total. The molecular formula is C13H13NO8. The predicted octanol–water partition coefficient (Wildman–Crippen LogP) is 1.51. The van der Waals surface area contributed by atoms with Gasteiger partial charge in [-0.2, -0.15) is 0 Å². The minimum Gasteiger partial charge on any atom is -0.465 e. The van der Waals surface area contributed by atoms with E-state index in [1.165, 1.54) is 0 Å². The van der Waals surface area contributed by atoms with E-state index in [9.17, 15) is 24.5 Å². The SMILES string of the molecule is COC(=O)c1cc([N+](=O)[O-])ccc1C(OC(C)=O)OC(C)=O. The molecule has 0 saturated carbocycles. The summed E-state index contributed by atoms with van der Waals surface area (Å²) in [4.78, 5) is 44.0. The maximum absolute atomic E-state index is 11.8. The van der Waals surface area contributed by atoms with Crippen LogP contribution in [0.25, 0.3) is 0 Å². The van der Waals surface area contributed by atoms with Crippen LogP contribution in [0.4, 0.5) is 5.69 Å². The first-order valence-electron chi connectivity index (χ1n) is 5.97. The summed E-state index contributed by atoms with van der Waals surface area (Å²) in [6.45, 7) is 2.17. The molecule has 118 valence electrons. The van der Waals surface area contributed by atoms with Crippen molar-refractivity contribution in [2.24, 2.45) is 0 Å². The third-order valence-corrected chi connectivity index (χ3v) is 2.45. The fourth-order valence-corrected chi connectivity index (χ4v) is 1.60. The first-order chi connectivity index (χ1) is 10.3. The van der Waals surface area contributed by atoms with Crippen LogP contribution in [-0.2, 0) is 23.8 Å². The van der Waals surface area contributed by atoms with Gasteiger partial charge in [-0.05, 0) is 6.07 Å². The standard InChI is InChI=1S/C13H13NO8/c1-7(15)21-13(22-8(2)16)10-5-4-9(14(18)19)6-11(10)12(17)20-3/h4-6,13H,1-3H3. The van der Waals surface area contributed by atoms with E-state index < -0.39 is 29.1 Å². The Hall–Kier alpha value is -2.97. The molecule has 0 fully saturated rings. The van der Waals surface area contributed by atoms with Crippen molar-refractivity contribution in [3.05, 3.63) is 39.4 Å². The highest BCUT2D eigenvalue weighted by molar-refractivity contribution is 5.92. The second kappa shape index (κ2) is 7.16. The van der Waals surface area contributed by atoms with Gasteiger partial charge in [-0.1, -0.05) is 0 Å². The van der Waals surface area contributed by atoms with Gasteiger partial charge in [0.05, 0.1) is 17.6 Å². The molecular weight excluding hydrogens is 298 g/mol. The largest absolute Gasteiger partial charge is 0.465 e. The number of nitrogens with zero attached hydrogens (tertiary/aromatic N) is 1. The Morgan fingerprint density at radius 1 is 1.14 bits per heavy atom. The lowest BCUT2D eigenvalue weighted by Crippen LogP contribution is -2.18. The third-order valence-electron chi connectivity index (χ3n) is 2.45. The Morgan fingerprint density at radius 3 is 2.09 bits per heavy atom. The summed E-state index contributed by atoms with van der Waals surface area (Å²) in [6.07, 6.45) is -1.51. The second-order valence-corrected chi connectivity index (χ2v) is 4.07. The van der Waals surface area contributed by atoms with Gasteiger partial charge < -0.3 is 14.2 Å². The Bertz CT molecular complexity index is 608. The minimum atomic E-state index is -1.51. The molecule has 0 bridgehead atoms. The number of carbonyl (C=O) groups is 3. The van der Waals surface area contributed by atoms with Gasteiger partial charge in [0.1, 0.15) is 0 Å². The molecule has 0 spiro atoms. The Balaban J connectivity index is 3.39. The van der Waals surface area contributed by atoms with Gasteiger partial charge in [0.2, 0.25) is 0 Å². The van der Waals surface area contributed by atoms with E-state index in [1.54, 1.807) is 0 Å². The average molecular weight is 311 g/mol. The van der Waals surface area contributed by atoms with Crippen molar-refractivity contribution in [3.63, 3.8) is 0 Å². The molecule has 9 nitrogen and oxygen atoms in total. The number of ether oxygens (including phenoxy) is 3. The van der Waals surface area contributed by atoms with Crippen LogP contribution in [0.1, 0.15) is 36.1 Å². The van der Waals surface area contributed by atoms with Gasteiger partial charge in [-0.25, -0.2) is 4.79 Å². The smallest absolute Gasteiger partial charge is 0.338 e. The molecule has 1 rings (SSSR count). The minimum absolute atomic E-state index is 0.0390. The van der Waals surface area contributed by atoms with E-state index in [-0.39, 0.29) is 16.8 Å². The van der Waals surface area contributed by atoms with Crippen molar-refractivity contribution in [2.45, 2.75) is 20.1 Å². The first-order valence-corrected chi connectivity index (χ1v) is 5.97. The fraction of sp³-hybridized carbons (Fsp3) is 0.308. The van der Waals surface area contributed by atoms with Crippen molar-refractivity contribution in [1.82, 2.24) is 0 Å². The number of non-ortho nitro benzene ring substituents is 1. The van der Waals surface area contributed by atoms with Gasteiger partial charge in [-0.15, -0.1) is 0 Å². The molecule has 0 heterocycles. The molecule has 22 heavy (non-hydrogen) atoms. The van der Waals surface area contributed by atoms with E-state index in [0.717, 1.165) is 39.2 Å². The average Bonchev–Trinajstić information content (AvgIpc) is 2.44. The maximum atomic E-state index is 11.8. The molecule has 0 aliphatic heterocycles. The van der Waals surface area contributed by atoms with Crippen molar-refractivity contribution >= 4 is 23.6 Å². The van der Waals surface area contributed by atoms with Gasteiger partial charge in [0.25, 0.3) is 12.0 Å². The number of rotatable bonds is 5. The zero-order chi connectivity index (χ0) is 16.9. The molecule has 0 aromatic heterocycles. The van der Waals surface area contributed by atoms with Crippen LogP contribution in [0.5, 0.6) is 0 Å². The summed E-state index contributed by atoms with van der Waals surface area (Å²) in [5, 5.41) is 10.8. The predicted molar refractivity (Wildman–Crippen MR) is 70.7 cm³/mol. The number of methoxy groups -OCH3 is 1. The van der Waals surface area contributed by atoms with Crippen LogP contribution in [0.2, 0.25) is 0 Å². The van der Waals surface area contributed by atoms with Crippen molar-refractivity contribution < 1.29 is 33.5 Å². The zero-order valence-corrected chi connectivity index (χ0v) is 12.0. The van der Waals surface area contributed by atoms with Crippen LogP contribution >= 0.6 is 0 Å². The summed E-state index contributed by atoms with van der Waals surface area (Å²) < 4.78 is 14.2. The Morgan fingerprint density at radius 2 is 1.68 bits per heavy atom. The topological polar surface area (TPSA) is 122 Å². The quantitative estimate of drug-likeness (QED) is 0.347. The number of benzene rings is 1. The normalized spacial score (nSPS) is 10.0. The molecule has 9 heteroatoms. The number of carbonyl (C=O) groups excluding carboxylic acids is 3. The number of hydrogen-bond acceptors (Lipinski definition) is 8. The van der Waals surface area contributed by atoms with E-state index >= 15 is 0 Å². The molecule has 0 radical (unpaired) electrons. The number of nitro groups is 1. The zero-order valence-electron chi connectivity index (χ0n) is 12.0. The lowest BCUT2D eigenvalue weighted by atomic mass is 10.1. The summed E-state index contributed by atoms with van der Waals surface area (Å²) in [5.74, 6) is -2.43. The van der Waals surface area contributed by atoms with Gasteiger partial charge in [0.15, 0.2) is 0 Å². The van der Waals surface area contributed by atoms with E-state index in [4.69, 9.17) is 9.47 Å². The molecule has 0 amide bonds. The van der Waals surface area contributed by atoms with Crippen LogP contribution < -0.4 is 0 Å². The molecule has 0 unspecified atom stereocenters. The lowest BCUT2D eigenvalue weighted by Gasteiger charge is -2.18. The summed E-state index contributed by atoms with van der Waals surface area (Å²) >= 11 is 0. The van der Waals surface area contributed by atoms with Gasteiger partial charge in [-0.3, -0.25) is 19.7 Å². The highest BCUT2D eigenvalue weighted by Crippen LogP contribution is 2.27. The number of esters is 3. The van der Waals surface area contributed by atoms with Crippen LogP contribution in [0, 0.1) is 10.1 Å². The summed E-state index contributed by atoms with van der Waals surface area (Å²) in [7, 11) is 1.08. The first kappa shape index (κ1) is 17.1. The van der Waals surface area contributed by atoms with Crippen LogP contribution in [-0.4, -0.2) is 29.9 Å². The molecule has 0 aliphatic carbocycles. The Kier molecular flexibility index (Phi) is 5.56. The lowest BCUT2D eigenvalue weighted by molar-refractivity contribution is -0.384. The van der Waals surface area contributed by atoms with Gasteiger partial charge >= 0.3 is 17.9 Å². The highest BCUT2D eigenvalue weighted by atomic mass is 16.7. The fourth-order valence-electron chi connectivity index (χ4n) is 1.60. The van der Waals surface area contributed by atoms with Gasteiger partial charge in [0, 0.05) is 31.5 Å². The van der Waals surface area contributed by atoms with Crippen molar-refractivity contribution in [3.8, 4) is 0 Å². The molecule has 0 saturated heterocycles. The van der Waals surface area contributed by atoms with E-state index in [0.29, 0.717) is 0 Å². The van der Waals surface area contributed by atoms with Crippen LogP contribution in [0.3, 0.4) is 0 Å². The summed E-state index contributed by atoms with van der Waals surface area (Å²) in [5.41, 5.74) is -0.652. The van der Waals surface area contributed by atoms with E-state index in [1.807, 2.05) is 0 Å². The maximum Gasteiger partial charge on any atom is 0.338 e. The van der Waals surface area contributed by atoms with Crippen molar-refractivity contribution in [1.29, 1.82) is 0 Å². The molecule has 1 aromatic carbocycles. The number of hydrogen-bond donors (Lipinski definition) is 0. The third kappa shape index (κ3) is 4.27. The van der Waals surface area contributed by atoms with Crippen molar-refractivity contribution in [2.75, 3.05) is 7.11 Å². The van der Waals surface area contributed by atoms with Crippen LogP contribution in [0.15, 0.2) is 18.2 Å². The number of nitro benzene ring substituents is 1. The highest BCUT2D eigenvalue weighted by Gasteiger charge is 2.27. The Labute approximate surface area is 124 Å². The molecule has 0 atom stereocenters. The molecule has 0 aliphatic rings. The van der Waals surface area contributed by atoms with E-state index in [2.05, 4.69) is 4.74 Å². The monoisotopic (exact) mass is 311 g/mol. The second-order valence-electron chi connectivity index (χ2n) is 4.07. The molecule has 1 aromatic rings.